The first-order chi connectivity index (χ1) is 20.7. The maximum atomic E-state index is 9.70. The first-order valence-electron chi connectivity index (χ1n) is 15.0. The number of hydrogen-bond donors (Lipinski definition) is 0. The van der Waals surface area contributed by atoms with Crippen LogP contribution in [0.25, 0.3) is 39.5 Å². The summed E-state index contributed by atoms with van der Waals surface area (Å²) >= 11 is 0. The Labute approximate surface area is 246 Å². The summed E-state index contributed by atoms with van der Waals surface area (Å²) in [7, 11) is 0. The third kappa shape index (κ3) is 4.00. The molecule has 0 radical (unpaired) electrons. The van der Waals surface area contributed by atoms with Crippen LogP contribution < -0.4 is 0 Å². The minimum absolute atomic E-state index is 0.0577. The van der Waals surface area contributed by atoms with E-state index in [1.165, 1.54) is 47.1 Å². The zero-order valence-corrected chi connectivity index (χ0v) is 23.4. The molecule has 0 saturated heterocycles. The van der Waals surface area contributed by atoms with Crippen molar-refractivity contribution in [3.8, 4) is 40.0 Å². The van der Waals surface area contributed by atoms with Gasteiger partial charge in [-0.1, -0.05) is 104 Å². The molecule has 0 amide bonds. The highest BCUT2D eigenvalue weighted by Gasteiger charge is 2.44. The van der Waals surface area contributed by atoms with Crippen LogP contribution in [0, 0.1) is 17.2 Å². The first-order valence-corrected chi connectivity index (χ1v) is 15.0. The molecule has 4 aromatic rings. The lowest BCUT2D eigenvalue weighted by Gasteiger charge is -2.36. The molecule has 1 aromatic heterocycles. The molecule has 1 atom stereocenters. The van der Waals surface area contributed by atoms with Gasteiger partial charge in [0.05, 0.1) is 11.6 Å². The molecule has 4 aliphatic carbocycles. The lowest BCUT2D eigenvalue weighted by molar-refractivity contribution is 0.353. The largest absolute Gasteiger partial charge is 0.209 e. The molecule has 4 aliphatic rings. The molecule has 0 bridgehead atoms. The van der Waals surface area contributed by atoms with Crippen LogP contribution in [0.2, 0.25) is 0 Å². The molecule has 1 unspecified atom stereocenters. The van der Waals surface area contributed by atoms with Crippen LogP contribution in [0.5, 0.6) is 0 Å². The van der Waals surface area contributed by atoms with Crippen molar-refractivity contribution in [2.24, 2.45) is 5.92 Å². The fourth-order valence-corrected chi connectivity index (χ4v) is 7.40. The van der Waals surface area contributed by atoms with Gasteiger partial charge in [-0.15, -0.1) is 0 Å². The van der Waals surface area contributed by atoms with Crippen LogP contribution in [0.15, 0.2) is 109 Å². The number of allylic oxidation sites excluding steroid dienone is 8. The van der Waals surface area contributed by atoms with Gasteiger partial charge in [0.1, 0.15) is 0 Å². The van der Waals surface area contributed by atoms with Crippen molar-refractivity contribution in [2.75, 3.05) is 0 Å². The average Bonchev–Trinajstić information content (AvgIpc) is 3.32. The molecule has 1 saturated carbocycles. The Hall–Kier alpha value is -4.88. The van der Waals surface area contributed by atoms with E-state index in [-0.39, 0.29) is 5.41 Å². The van der Waals surface area contributed by atoms with E-state index < -0.39 is 0 Å². The second-order valence-corrected chi connectivity index (χ2v) is 11.9. The molecule has 1 heterocycles. The summed E-state index contributed by atoms with van der Waals surface area (Å²) in [5.41, 5.74) is 10.4. The minimum atomic E-state index is -0.0577. The van der Waals surface area contributed by atoms with Crippen molar-refractivity contribution in [3.05, 3.63) is 131 Å². The van der Waals surface area contributed by atoms with E-state index in [1.807, 2.05) is 24.3 Å². The molecule has 0 aliphatic heterocycles. The van der Waals surface area contributed by atoms with Gasteiger partial charge in [0, 0.05) is 22.5 Å². The maximum Gasteiger partial charge on any atom is 0.164 e. The molecule has 0 N–H and O–H groups in total. The molecule has 4 nitrogen and oxygen atoms in total. The second kappa shape index (κ2) is 9.89. The van der Waals surface area contributed by atoms with Crippen LogP contribution in [-0.4, -0.2) is 15.0 Å². The van der Waals surface area contributed by atoms with Crippen molar-refractivity contribution in [2.45, 2.75) is 43.9 Å². The number of hydrogen-bond acceptors (Lipinski definition) is 4. The molecule has 42 heavy (non-hydrogen) atoms. The van der Waals surface area contributed by atoms with Gasteiger partial charge in [0.2, 0.25) is 0 Å². The first kappa shape index (κ1) is 24.9. The van der Waals surface area contributed by atoms with Crippen LogP contribution in [0.3, 0.4) is 0 Å². The van der Waals surface area contributed by atoms with Crippen molar-refractivity contribution in [1.29, 1.82) is 5.26 Å². The van der Waals surface area contributed by atoms with Crippen LogP contribution in [0.4, 0.5) is 0 Å². The van der Waals surface area contributed by atoms with E-state index >= 15 is 0 Å². The van der Waals surface area contributed by atoms with Gasteiger partial charge in [0.15, 0.2) is 17.5 Å². The summed E-state index contributed by atoms with van der Waals surface area (Å²) in [6.07, 6.45) is 19.8. The van der Waals surface area contributed by atoms with E-state index in [1.54, 1.807) is 0 Å². The predicted molar refractivity (Wildman–Crippen MR) is 167 cm³/mol. The highest BCUT2D eigenvalue weighted by molar-refractivity contribution is 5.84. The number of aromatic nitrogens is 3. The Morgan fingerprint density at radius 1 is 0.714 bits per heavy atom. The molecule has 202 valence electrons. The molecule has 4 heteroatoms. The molecule has 1 fully saturated rings. The van der Waals surface area contributed by atoms with Crippen LogP contribution in [-0.2, 0) is 5.41 Å². The van der Waals surface area contributed by atoms with Gasteiger partial charge in [-0.3, -0.25) is 0 Å². The average molecular weight is 543 g/mol. The van der Waals surface area contributed by atoms with E-state index in [0.29, 0.717) is 17.6 Å². The minimum Gasteiger partial charge on any atom is -0.209 e. The lowest BCUT2D eigenvalue weighted by atomic mass is 9.67. The highest BCUT2D eigenvalue weighted by atomic mass is 15.0. The monoisotopic (exact) mass is 542 g/mol. The van der Waals surface area contributed by atoms with Crippen LogP contribution >= 0.6 is 0 Å². The summed E-state index contributed by atoms with van der Waals surface area (Å²) in [4.78, 5) is 15.2. The van der Waals surface area contributed by atoms with Crippen molar-refractivity contribution >= 4 is 5.57 Å². The topological polar surface area (TPSA) is 62.5 Å². The Morgan fingerprint density at radius 2 is 1.45 bits per heavy atom. The van der Waals surface area contributed by atoms with Crippen LogP contribution in [0.1, 0.15) is 61.0 Å². The van der Waals surface area contributed by atoms with Gasteiger partial charge >= 0.3 is 0 Å². The van der Waals surface area contributed by atoms with E-state index in [9.17, 15) is 5.26 Å². The number of benzene rings is 3. The summed E-state index contributed by atoms with van der Waals surface area (Å²) in [5, 5.41) is 9.70. The van der Waals surface area contributed by atoms with Gasteiger partial charge in [-0.05, 0) is 70.9 Å². The smallest absolute Gasteiger partial charge is 0.164 e. The maximum absolute atomic E-state index is 9.70. The molecular formula is C38H30N4. The lowest BCUT2D eigenvalue weighted by Crippen LogP contribution is -2.28. The molecular weight excluding hydrogens is 512 g/mol. The van der Waals surface area contributed by atoms with Crippen molar-refractivity contribution in [3.63, 3.8) is 0 Å². The Balaban J connectivity index is 1.28. The van der Waals surface area contributed by atoms with E-state index in [0.717, 1.165) is 47.4 Å². The second-order valence-electron chi connectivity index (χ2n) is 11.9. The molecule has 1 spiro atoms. The number of nitrogens with zero attached hydrogens (tertiary/aromatic N) is 4. The Kier molecular flexibility index (Phi) is 5.86. The quantitative estimate of drug-likeness (QED) is 0.260. The van der Waals surface area contributed by atoms with Gasteiger partial charge < -0.3 is 0 Å². The summed E-state index contributed by atoms with van der Waals surface area (Å²) in [6.45, 7) is 0. The third-order valence-electron chi connectivity index (χ3n) is 9.50. The number of rotatable bonds is 3. The predicted octanol–water partition coefficient (Wildman–Crippen LogP) is 8.76. The highest BCUT2D eigenvalue weighted by Crippen LogP contribution is 2.56. The van der Waals surface area contributed by atoms with Crippen molar-refractivity contribution in [1.82, 2.24) is 15.0 Å². The fourth-order valence-electron chi connectivity index (χ4n) is 7.40. The number of nitriles is 1. The van der Waals surface area contributed by atoms with Gasteiger partial charge in [0.25, 0.3) is 0 Å². The zero-order valence-electron chi connectivity index (χ0n) is 23.4. The summed E-state index contributed by atoms with van der Waals surface area (Å²) in [5.74, 6) is 2.49. The summed E-state index contributed by atoms with van der Waals surface area (Å²) in [6, 6.07) is 25.6. The Bertz CT molecular complexity index is 1900. The van der Waals surface area contributed by atoms with Gasteiger partial charge in [-0.2, -0.15) is 5.26 Å². The normalized spacial score (nSPS) is 19.4. The molecule has 3 aromatic carbocycles. The van der Waals surface area contributed by atoms with E-state index in [4.69, 9.17) is 15.0 Å². The van der Waals surface area contributed by atoms with Gasteiger partial charge in [-0.25, -0.2) is 15.0 Å². The standard InChI is InChI=1S/C38H30N4/c39-24-25-13-17-31-32-18-16-30(23-34(32)38(33(31)21-25)19-7-2-8-20-38)37-41-35(27-10-3-1-4-11-27)40-36(42-37)29-15-14-26-9-5-6-12-28(26)22-29/h1,3-6,9-18,21,23,28H,2,7-8,19-20,22H2. The Morgan fingerprint density at radius 3 is 2.26 bits per heavy atom. The SMILES string of the molecule is N#Cc1ccc2c(c1)C1(CCCCC1)c1cc(-c3nc(C4=CC=C5C=CC=CC5C4)nc(-c4ccccc4)n3)ccc1-2. The van der Waals surface area contributed by atoms with E-state index in [2.05, 4.69) is 85.0 Å². The zero-order chi connectivity index (χ0) is 28.1. The number of fused-ring (bicyclic) bond motifs is 6. The van der Waals surface area contributed by atoms with Crippen molar-refractivity contribution < 1.29 is 0 Å². The molecule has 8 rings (SSSR count). The third-order valence-corrected chi connectivity index (χ3v) is 9.50. The fraction of sp³-hybridized carbons (Fsp3) is 0.211. The summed E-state index contributed by atoms with van der Waals surface area (Å²) < 4.78 is 0.